The topological polar surface area (TPSA) is 43.8 Å². The maximum absolute atomic E-state index is 5.35. The van der Waals surface area contributed by atoms with Gasteiger partial charge in [0.25, 0.3) is 0 Å². The Balaban J connectivity index is 2.27. The molecular weight excluding hydrogens is 158 g/mol. The average Bonchev–Trinajstić information content (AvgIpc) is 2.37. The molecule has 0 aliphatic rings. The summed E-state index contributed by atoms with van der Waals surface area (Å²) >= 11 is 1.82. The minimum Gasteiger partial charge on any atom is -0.340 e. The minimum absolute atomic E-state index is 0.748. The van der Waals surface area contributed by atoms with E-state index in [1.807, 2.05) is 35.9 Å². The van der Waals surface area contributed by atoms with Gasteiger partial charge in [-0.25, -0.2) is 4.98 Å². The van der Waals surface area contributed by atoms with E-state index < -0.39 is 0 Å². The molecule has 0 spiro atoms. The highest BCUT2D eigenvalue weighted by atomic mass is 32.2. The van der Waals surface area contributed by atoms with Crippen LogP contribution in [0.4, 0.5) is 0 Å². The third-order valence-corrected chi connectivity index (χ3v) is 2.29. The molecule has 0 saturated heterocycles. The average molecular weight is 171 g/mol. The van der Waals surface area contributed by atoms with Crippen molar-refractivity contribution in [1.82, 2.24) is 9.55 Å². The van der Waals surface area contributed by atoms with Crippen molar-refractivity contribution in [2.75, 3.05) is 12.3 Å². The normalized spacial score (nSPS) is 10.4. The second kappa shape index (κ2) is 4.41. The van der Waals surface area contributed by atoms with Crippen LogP contribution in [0.15, 0.2) is 12.5 Å². The Morgan fingerprint density at radius 2 is 2.55 bits per heavy atom. The first kappa shape index (κ1) is 8.62. The molecule has 1 heterocycles. The first-order valence-electron chi connectivity index (χ1n) is 3.57. The van der Waals surface area contributed by atoms with Gasteiger partial charge in [-0.2, -0.15) is 11.8 Å². The van der Waals surface area contributed by atoms with Crippen LogP contribution >= 0.6 is 11.8 Å². The fourth-order valence-corrected chi connectivity index (χ4v) is 1.47. The molecule has 0 saturated carbocycles. The summed E-state index contributed by atoms with van der Waals surface area (Å²) in [4.78, 5) is 4.19. The van der Waals surface area contributed by atoms with Crippen LogP contribution < -0.4 is 5.73 Å². The van der Waals surface area contributed by atoms with Gasteiger partial charge in [-0.3, -0.25) is 0 Å². The fourth-order valence-electron chi connectivity index (χ4n) is 0.802. The molecule has 0 bridgehead atoms. The van der Waals surface area contributed by atoms with Gasteiger partial charge in [0.1, 0.15) is 0 Å². The monoisotopic (exact) mass is 171 g/mol. The third kappa shape index (κ3) is 2.95. The summed E-state index contributed by atoms with van der Waals surface area (Å²) in [6.07, 6.45) is 3.85. The Hall–Kier alpha value is -0.480. The molecule has 1 rings (SSSR count). The van der Waals surface area contributed by atoms with Crippen molar-refractivity contribution in [3.8, 4) is 0 Å². The number of thioether (sulfide) groups is 1. The number of hydrogen-bond acceptors (Lipinski definition) is 3. The Kier molecular flexibility index (Phi) is 3.45. The molecule has 0 unspecified atom stereocenters. The summed E-state index contributed by atoms with van der Waals surface area (Å²) < 4.78 is 1.96. The summed E-state index contributed by atoms with van der Waals surface area (Å²) in [6, 6.07) is 0. The molecule has 11 heavy (non-hydrogen) atoms. The molecule has 1 aromatic heterocycles. The van der Waals surface area contributed by atoms with Gasteiger partial charge < -0.3 is 10.3 Å². The van der Waals surface area contributed by atoms with Gasteiger partial charge in [0, 0.05) is 31.3 Å². The zero-order chi connectivity index (χ0) is 8.10. The molecule has 0 aliphatic heterocycles. The van der Waals surface area contributed by atoms with Crippen LogP contribution in [-0.4, -0.2) is 21.8 Å². The van der Waals surface area contributed by atoms with Crippen molar-refractivity contribution in [2.45, 2.75) is 5.75 Å². The van der Waals surface area contributed by atoms with Crippen LogP contribution in [0.1, 0.15) is 5.69 Å². The number of aromatic nitrogens is 2. The Morgan fingerprint density at radius 3 is 3.09 bits per heavy atom. The molecule has 0 amide bonds. The van der Waals surface area contributed by atoms with Crippen LogP contribution in [0.3, 0.4) is 0 Å². The zero-order valence-electron chi connectivity index (χ0n) is 6.66. The van der Waals surface area contributed by atoms with Gasteiger partial charge in [-0.15, -0.1) is 0 Å². The van der Waals surface area contributed by atoms with Gasteiger partial charge in [0.2, 0.25) is 0 Å². The van der Waals surface area contributed by atoms with Crippen LogP contribution in [0, 0.1) is 0 Å². The van der Waals surface area contributed by atoms with E-state index in [0.717, 1.165) is 23.7 Å². The molecule has 4 heteroatoms. The number of rotatable bonds is 4. The molecule has 0 fully saturated rings. The van der Waals surface area contributed by atoms with Crippen LogP contribution in [0.25, 0.3) is 0 Å². The van der Waals surface area contributed by atoms with Crippen molar-refractivity contribution in [3.63, 3.8) is 0 Å². The summed E-state index contributed by atoms with van der Waals surface area (Å²) in [5.74, 6) is 1.98. The summed E-state index contributed by atoms with van der Waals surface area (Å²) in [7, 11) is 1.98. The second-order valence-electron chi connectivity index (χ2n) is 2.37. The van der Waals surface area contributed by atoms with Crippen molar-refractivity contribution in [3.05, 3.63) is 18.2 Å². The maximum Gasteiger partial charge on any atom is 0.0947 e. The quantitative estimate of drug-likeness (QED) is 0.675. The predicted octanol–water partition coefficient (Wildman–Crippen LogP) is 0.612. The first-order chi connectivity index (χ1) is 5.33. The first-order valence-corrected chi connectivity index (χ1v) is 4.73. The molecule has 0 atom stereocenters. The zero-order valence-corrected chi connectivity index (χ0v) is 7.47. The van der Waals surface area contributed by atoms with Gasteiger partial charge >= 0.3 is 0 Å². The lowest BCUT2D eigenvalue weighted by atomic mass is 10.6. The van der Waals surface area contributed by atoms with Gasteiger partial charge in [-0.1, -0.05) is 0 Å². The van der Waals surface area contributed by atoms with Crippen molar-refractivity contribution in [1.29, 1.82) is 0 Å². The smallest absolute Gasteiger partial charge is 0.0947 e. The SMILES string of the molecule is Cn1cnc(CSCCN)c1. The van der Waals surface area contributed by atoms with E-state index >= 15 is 0 Å². The number of hydrogen-bond donors (Lipinski definition) is 1. The molecule has 1 aromatic rings. The standard InChI is InChI=1S/C7H13N3S/c1-10-4-7(9-6-10)5-11-3-2-8/h4,6H,2-3,5,8H2,1H3. The maximum atomic E-state index is 5.35. The summed E-state index contributed by atoms with van der Waals surface area (Å²) in [6.45, 7) is 0.748. The van der Waals surface area contributed by atoms with E-state index in [2.05, 4.69) is 4.98 Å². The highest BCUT2D eigenvalue weighted by Crippen LogP contribution is 2.07. The fraction of sp³-hybridized carbons (Fsp3) is 0.571. The van der Waals surface area contributed by atoms with Crippen molar-refractivity contribution in [2.24, 2.45) is 12.8 Å². The van der Waals surface area contributed by atoms with Gasteiger partial charge in [0.15, 0.2) is 0 Å². The molecule has 0 aromatic carbocycles. The number of nitrogens with two attached hydrogens (primary N) is 1. The predicted molar refractivity (Wildman–Crippen MR) is 48.4 cm³/mol. The Morgan fingerprint density at radius 1 is 1.73 bits per heavy atom. The highest BCUT2D eigenvalue weighted by Gasteiger charge is 1.94. The Bertz CT molecular complexity index is 209. The lowest BCUT2D eigenvalue weighted by molar-refractivity contribution is 0.913. The number of imidazole rings is 1. The van der Waals surface area contributed by atoms with Gasteiger partial charge in [0.05, 0.1) is 12.0 Å². The van der Waals surface area contributed by atoms with E-state index in [4.69, 9.17) is 5.73 Å². The van der Waals surface area contributed by atoms with E-state index in [1.165, 1.54) is 0 Å². The molecule has 3 nitrogen and oxygen atoms in total. The molecule has 0 aliphatic carbocycles. The summed E-state index contributed by atoms with van der Waals surface area (Å²) in [5.41, 5.74) is 6.48. The van der Waals surface area contributed by atoms with Crippen LogP contribution in [0.2, 0.25) is 0 Å². The molecular formula is C7H13N3S. The van der Waals surface area contributed by atoms with E-state index in [0.29, 0.717) is 0 Å². The van der Waals surface area contributed by atoms with E-state index in [-0.39, 0.29) is 0 Å². The lowest BCUT2D eigenvalue weighted by Crippen LogP contribution is -2.01. The van der Waals surface area contributed by atoms with Crippen molar-refractivity contribution >= 4 is 11.8 Å². The largest absolute Gasteiger partial charge is 0.340 e. The third-order valence-electron chi connectivity index (χ3n) is 1.27. The second-order valence-corrected chi connectivity index (χ2v) is 3.48. The lowest BCUT2D eigenvalue weighted by Gasteiger charge is -1.93. The van der Waals surface area contributed by atoms with E-state index in [9.17, 15) is 0 Å². The minimum atomic E-state index is 0.748. The molecule has 62 valence electrons. The number of nitrogens with zero attached hydrogens (tertiary/aromatic N) is 2. The highest BCUT2D eigenvalue weighted by molar-refractivity contribution is 7.98. The van der Waals surface area contributed by atoms with Gasteiger partial charge in [-0.05, 0) is 0 Å². The molecule has 2 N–H and O–H groups in total. The molecule has 0 radical (unpaired) electrons. The Labute approximate surface area is 71.0 Å². The van der Waals surface area contributed by atoms with Crippen molar-refractivity contribution < 1.29 is 0 Å². The van der Waals surface area contributed by atoms with Crippen LogP contribution in [0.5, 0.6) is 0 Å². The summed E-state index contributed by atoms with van der Waals surface area (Å²) in [5, 5.41) is 0. The van der Waals surface area contributed by atoms with Crippen LogP contribution in [-0.2, 0) is 12.8 Å². The number of aryl methyl sites for hydroxylation is 1. The van der Waals surface area contributed by atoms with E-state index in [1.54, 1.807) is 0 Å².